The molecule has 1 heterocycles. The molecule has 0 spiro atoms. The molecule has 0 saturated carbocycles. The fraction of sp³-hybridized carbons (Fsp3) is 0.357. The number of ether oxygens (including phenoxy) is 1. The van der Waals surface area contributed by atoms with Crippen LogP contribution >= 0.6 is 15.9 Å². The van der Waals surface area contributed by atoms with Crippen LogP contribution in [-0.2, 0) is 6.54 Å². The van der Waals surface area contributed by atoms with E-state index in [2.05, 4.69) is 27.8 Å². The molecule has 0 aliphatic rings. The number of imidazole rings is 1. The van der Waals surface area contributed by atoms with Crippen molar-refractivity contribution in [3.05, 3.63) is 46.5 Å². The van der Waals surface area contributed by atoms with E-state index in [1.54, 1.807) is 13.3 Å². The minimum atomic E-state index is -0.787. The SMILES string of the molecule is CCCn1ccnc1C(O)c1ccc(Br)cc1OC. The van der Waals surface area contributed by atoms with Crippen LogP contribution in [0.1, 0.15) is 30.8 Å². The van der Waals surface area contributed by atoms with E-state index in [-0.39, 0.29) is 0 Å². The van der Waals surface area contributed by atoms with Crippen LogP contribution in [0.25, 0.3) is 0 Å². The molecule has 0 radical (unpaired) electrons. The highest BCUT2D eigenvalue weighted by atomic mass is 79.9. The lowest BCUT2D eigenvalue weighted by molar-refractivity contribution is 0.199. The van der Waals surface area contributed by atoms with Gasteiger partial charge in [-0.2, -0.15) is 0 Å². The van der Waals surface area contributed by atoms with Gasteiger partial charge in [0, 0.05) is 29.0 Å². The zero-order valence-electron chi connectivity index (χ0n) is 11.0. The number of hydrogen-bond donors (Lipinski definition) is 1. The van der Waals surface area contributed by atoms with Crippen molar-refractivity contribution in [2.45, 2.75) is 26.0 Å². The molecule has 2 aromatic rings. The van der Waals surface area contributed by atoms with Gasteiger partial charge in [0.05, 0.1) is 7.11 Å². The Hall–Kier alpha value is -1.33. The summed E-state index contributed by atoms with van der Waals surface area (Å²) in [5.41, 5.74) is 0.717. The predicted octanol–water partition coefficient (Wildman–Crippen LogP) is 3.15. The topological polar surface area (TPSA) is 47.3 Å². The first kappa shape index (κ1) is 14.1. The molecule has 0 aliphatic carbocycles. The number of aryl methyl sites for hydroxylation is 1. The molecule has 1 atom stereocenters. The van der Waals surface area contributed by atoms with E-state index in [1.807, 2.05) is 29.0 Å². The van der Waals surface area contributed by atoms with E-state index in [0.29, 0.717) is 17.1 Å². The maximum atomic E-state index is 10.5. The zero-order valence-corrected chi connectivity index (χ0v) is 12.6. The lowest BCUT2D eigenvalue weighted by Crippen LogP contribution is -2.10. The van der Waals surface area contributed by atoms with E-state index in [1.165, 1.54) is 0 Å². The number of aliphatic hydroxyl groups is 1. The third-order valence-electron chi connectivity index (χ3n) is 2.95. The summed E-state index contributed by atoms with van der Waals surface area (Å²) < 4.78 is 8.20. The van der Waals surface area contributed by atoms with Crippen LogP contribution < -0.4 is 4.74 Å². The second-order valence-corrected chi connectivity index (χ2v) is 5.18. The summed E-state index contributed by atoms with van der Waals surface area (Å²) in [5.74, 6) is 1.29. The van der Waals surface area contributed by atoms with Gasteiger partial charge in [-0.15, -0.1) is 0 Å². The third-order valence-corrected chi connectivity index (χ3v) is 3.44. The van der Waals surface area contributed by atoms with Gasteiger partial charge in [0.1, 0.15) is 17.7 Å². The standard InChI is InChI=1S/C14H17BrN2O2/c1-3-7-17-8-6-16-14(17)13(18)11-5-4-10(15)9-12(11)19-2/h4-6,8-9,13,18H,3,7H2,1-2H3. The molecule has 1 aromatic heterocycles. The summed E-state index contributed by atoms with van der Waals surface area (Å²) in [5, 5.41) is 10.5. The zero-order chi connectivity index (χ0) is 13.8. The quantitative estimate of drug-likeness (QED) is 0.919. The highest BCUT2D eigenvalue weighted by Gasteiger charge is 2.19. The van der Waals surface area contributed by atoms with Crippen LogP contribution in [0.5, 0.6) is 5.75 Å². The fourth-order valence-corrected chi connectivity index (χ4v) is 2.39. The van der Waals surface area contributed by atoms with Crippen LogP contribution in [0.4, 0.5) is 0 Å². The van der Waals surface area contributed by atoms with Crippen LogP contribution in [0.2, 0.25) is 0 Å². The predicted molar refractivity (Wildman–Crippen MR) is 77.3 cm³/mol. The Labute approximate surface area is 121 Å². The lowest BCUT2D eigenvalue weighted by Gasteiger charge is -2.16. The summed E-state index contributed by atoms with van der Waals surface area (Å²) in [7, 11) is 1.59. The molecular formula is C14H17BrN2O2. The minimum absolute atomic E-state index is 0.641. The van der Waals surface area contributed by atoms with Gasteiger partial charge in [-0.05, 0) is 18.6 Å². The fourth-order valence-electron chi connectivity index (χ4n) is 2.05. The van der Waals surface area contributed by atoms with Crippen molar-refractivity contribution >= 4 is 15.9 Å². The van der Waals surface area contributed by atoms with Gasteiger partial charge >= 0.3 is 0 Å². The maximum Gasteiger partial charge on any atom is 0.142 e. The average molecular weight is 325 g/mol. The van der Waals surface area contributed by atoms with Gasteiger partial charge in [0.2, 0.25) is 0 Å². The Bertz CT molecular complexity index is 554. The molecule has 1 N–H and O–H groups in total. The molecule has 19 heavy (non-hydrogen) atoms. The maximum absolute atomic E-state index is 10.5. The van der Waals surface area contributed by atoms with Crippen molar-refractivity contribution in [1.82, 2.24) is 9.55 Å². The summed E-state index contributed by atoms with van der Waals surface area (Å²) >= 11 is 3.39. The van der Waals surface area contributed by atoms with Crippen molar-refractivity contribution in [3.63, 3.8) is 0 Å². The first-order valence-electron chi connectivity index (χ1n) is 6.20. The first-order valence-corrected chi connectivity index (χ1v) is 6.99. The number of methoxy groups -OCH3 is 1. The van der Waals surface area contributed by atoms with E-state index in [4.69, 9.17) is 4.74 Å². The van der Waals surface area contributed by atoms with Crippen molar-refractivity contribution in [2.24, 2.45) is 0 Å². The molecule has 0 saturated heterocycles. The number of halogens is 1. The van der Waals surface area contributed by atoms with Crippen molar-refractivity contribution in [3.8, 4) is 5.75 Å². The number of hydrogen-bond acceptors (Lipinski definition) is 3. The van der Waals surface area contributed by atoms with Gasteiger partial charge < -0.3 is 14.4 Å². The average Bonchev–Trinajstić information content (AvgIpc) is 2.86. The Kier molecular flexibility index (Phi) is 4.61. The Balaban J connectivity index is 2.38. The Morgan fingerprint density at radius 1 is 1.47 bits per heavy atom. The highest BCUT2D eigenvalue weighted by Crippen LogP contribution is 2.31. The molecule has 1 aromatic carbocycles. The van der Waals surface area contributed by atoms with Crippen LogP contribution in [0, 0.1) is 0 Å². The van der Waals surface area contributed by atoms with Crippen LogP contribution in [0.3, 0.4) is 0 Å². The molecular weight excluding hydrogens is 308 g/mol. The van der Waals surface area contributed by atoms with Crippen molar-refractivity contribution < 1.29 is 9.84 Å². The second-order valence-electron chi connectivity index (χ2n) is 4.27. The minimum Gasteiger partial charge on any atom is -0.496 e. The van der Waals surface area contributed by atoms with E-state index >= 15 is 0 Å². The van der Waals surface area contributed by atoms with Gasteiger partial charge in [-0.3, -0.25) is 0 Å². The summed E-state index contributed by atoms with van der Waals surface area (Å²) in [4.78, 5) is 4.25. The van der Waals surface area contributed by atoms with E-state index in [0.717, 1.165) is 17.4 Å². The van der Waals surface area contributed by atoms with Gasteiger partial charge in [0.15, 0.2) is 0 Å². The molecule has 2 rings (SSSR count). The monoisotopic (exact) mass is 324 g/mol. The lowest BCUT2D eigenvalue weighted by atomic mass is 10.1. The third kappa shape index (κ3) is 2.98. The molecule has 4 nitrogen and oxygen atoms in total. The first-order chi connectivity index (χ1) is 9.17. The number of aliphatic hydroxyl groups excluding tert-OH is 1. The number of nitrogens with zero attached hydrogens (tertiary/aromatic N) is 2. The molecule has 0 bridgehead atoms. The van der Waals surface area contributed by atoms with Crippen molar-refractivity contribution in [1.29, 1.82) is 0 Å². The normalized spacial score (nSPS) is 12.4. The Morgan fingerprint density at radius 3 is 2.95 bits per heavy atom. The van der Waals surface area contributed by atoms with E-state index < -0.39 is 6.10 Å². The highest BCUT2D eigenvalue weighted by molar-refractivity contribution is 9.10. The summed E-state index contributed by atoms with van der Waals surface area (Å²) in [6.45, 7) is 2.93. The molecule has 0 aliphatic heterocycles. The largest absolute Gasteiger partial charge is 0.496 e. The number of aromatic nitrogens is 2. The molecule has 0 amide bonds. The van der Waals surface area contributed by atoms with Crippen molar-refractivity contribution in [2.75, 3.05) is 7.11 Å². The van der Waals surface area contributed by atoms with Gasteiger partial charge in [-0.25, -0.2) is 4.98 Å². The van der Waals surface area contributed by atoms with Gasteiger partial charge in [-0.1, -0.05) is 28.9 Å². The number of benzene rings is 1. The second kappa shape index (κ2) is 6.21. The Morgan fingerprint density at radius 2 is 2.26 bits per heavy atom. The summed E-state index contributed by atoms with van der Waals surface area (Å²) in [6.07, 6.45) is 3.80. The van der Waals surface area contributed by atoms with Gasteiger partial charge in [0.25, 0.3) is 0 Å². The molecule has 1 unspecified atom stereocenters. The smallest absolute Gasteiger partial charge is 0.142 e. The number of rotatable bonds is 5. The summed E-state index contributed by atoms with van der Waals surface area (Å²) in [6, 6.07) is 5.57. The molecule has 5 heteroatoms. The van der Waals surface area contributed by atoms with E-state index in [9.17, 15) is 5.11 Å². The van der Waals surface area contributed by atoms with Crippen LogP contribution in [-0.4, -0.2) is 21.8 Å². The van der Waals surface area contributed by atoms with Crippen LogP contribution in [0.15, 0.2) is 35.1 Å². The molecule has 102 valence electrons. The molecule has 0 fully saturated rings.